The second-order valence-corrected chi connectivity index (χ2v) is 4.25. The number of nitrogens with one attached hydrogen (secondary N) is 2. The summed E-state index contributed by atoms with van der Waals surface area (Å²) in [6.07, 6.45) is 5.12. The van der Waals surface area contributed by atoms with Crippen LogP contribution in [0.25, 0.3) is 5.82 Å². The van der Waals surface area contributed by atoms with Crippen LogP contribution in [0, 0.1) is 0 Å². The minimum absolute atomic E-state index is 0.267. The molecule has 3 aromatic rings. The van der Waals surface area contributed by atoms with Gasteiger partial charge in [0.2, 0.25) is 0 Å². The Labute approximate surface area is 121 Å². The first kappa shape index (κ1) is 12.9. The van der Waals surface area contributed by atoms with E-state index in [4.69, 9.17) is 0 Å². The van der Waals surface area contributed by atoms with Gasteiger partial charge >= 0.3 is 0 Å². The highest BCUT2D eigenvalue weighted by Crippen LogP contribution is 2.10. The minimum atomic E-state index is -0.267. The van der Waals surface area contributed by atoms with Crippen LogP contribution >= 0.6 is 0 Å². The highest BCUT2D eigenvalue weighted by atomic mass is 16.2. The Bertz CT molecular complexity index is 724. The standard InChI is InChI=1S/C15H13N5O/c21-15(19-18-13-7-1-3-9-16-13)12-6-5-11-20(12)14-8-2-4-10-17-14/h1-11H,(H,16,18)(H,19,21). The molecule has 0 aromatic carbocycles. The van der Waals surface area contributed by atoms with E-state index < -0.39 is 0 Å². The maximum atomic E-state index is 12.2. The number of carbonyl (C=O) groups excluding carboxylic acids is 1. The van der Waals surface area contributed by atoms with Gasteiger partial charge in [0.15, 0.2) is 0 Å². The van der Waals surface area contributed by atoms with Gasteiger partial charge < -0.3 is 0 Å². The molecule has 0 saturated heterocycles. The second kappa shape index (κ2) is 5.87. The summed E-state index contributed by atoms with van der Waals surface area (Å²) in [5.74, 6) is 0.989. The Balaban J connectivity index is 1.76. The third-order valence-corrected chi connectivity index (χ3v) is 2.85. The van der Waals surface area contributed by atoms with Gasteiger partial charge in [0, 0.05) is 18.6 Å². The van der Waals surface area contributed by atoms with Gasteiger partial charge in [0.1, 0.15) is 17.3 Å². The molecule has 0 fully saturated rings. The van der Waals surface area contributed by atoms with Crippen molar-refractivity contribution < 1.29 is 4.79 Å². The molecule has 6 nitrogen and oxygen atoms in total. The Morgan fingerprint density at radius 3 is 2.48 bits per heavy atom. The maximum absolute atomic E-state index is 12.2. The molecule has 0 aliphatic rings. The van der Waals surface area contributed by atoms with E-state index in [0.29, 0.717) is 17.3 Å². The Hall–Kier alpha value is -3.15. The van der Waals surface area contributed by atoms with Crippen LogP contribution in [-0.2, 0) is 0 Å². The molecule has 0 unspecified atom stereocenters. The summed E-state index contributed by atoms with van der Waals surface area (Å²) >= 11 is 0. The van der Waals surface area contributed by atoms with E-state index in [0.717, 1.165) is 0 Å². The van der Waals surface area contributed by atoms with Crippen LogP contribution in [-0.4, -0.2) is 20.4 Å². The smallest absolute Gasteiger partial charge is 0.286 e. The Morgan fingerprint density at radius 2 is 1.76 bits per heavy atom. The summed E-state index contributed by atoms with van der Waals surface area (Å²) in [5, 5.41) is 0. The maximum Gasteiger partial charge on any atom is 0.286 e. The topological polar surface area (TPSA) is 71.8 Å². The molecule has 0 aliphatic carbocycles. The SMILES string of the molecule is O=C(NNc1ccccn1)c1cccn1-c1ccccn1. The van der Waals surface area contributed by atoms with E-state index in [2.05, 4.69) is 20.8 Å². The van der Waals surface area contributed by atoms with Gasteiger partial charge in [-0.05, 0) is 36.4 Å². The molecular formula is C15H13N5O. The number of hydrazine groups is 1. The van der Waals surface area contributed by atoms with Crippen molar-refractivity contribution in [3.05, 3.63) is 72.8 Å². The third kappa shape index (κ3) is 2.89. The molecule has 0 saturated carbocycles. The van der Waals surface area contributed by atoms with E-state index in [9.17, 15) is 4.79 Å². The fraction of sp³-hybridized carbons (Fsp3) is 0. The molecule has 3 heterocycles. The first-order chi connectivity index (χ1) is 10.3. The fourth-order valence-electron chi connectivity index (χ4n) is 1.88. The summed E-state index contributed by atoms with van der Waals surface area (Å²) in [5.41, 5.74) is 5.86. The quantitative estimate of drug-likeness (QED) is 0.717. The zero-order valence-corrected chi connectivity index (χ0v) is 11.1. The highest BCUT2D eigenvalue weighted by Gasteiger charge is 2.12. The van der Waals surface area contributed by atoms with Crippen molar-refractivity contribution in [1.29, 1.82) is 0 Å². The molecule has 0 radical (unpaired) electrons. The molecule has 21 heavy (non-hydrogen) atoms. The van der Waals surface area contributed by atoms with Crippen LogP contribution in [0.3, 0.4) is 0 Å². The van der Waals surface area contributed by atoms with Crippen molar-refractivity contribution >= 4 is 11.7 Å². The summed E-state index contributed by atoms with van der Waals surface area (Å²) < 4.78 is 1.72. The van der Waals surface area contributed by atoms with Gasteiger partial charge in [-0.15, -0.1) is 0 Å². The number of hydrogen-bond donors (Lipinski definition) is 2. The second-order valence-electron chi connectivity index (χ2n) is 4.25. The average molecular weight is 279 g/mol. The van der Waals surface area contributed by atoms with Gasteiger partial charge in [0.05, 0.1) is 0 Å². The van der Waals surface area contributed by atoms with E-state index in [1.54, 1.807) is 47.4 Å². The van der Waals surface area contributed by atoms with E-state index in [1.807, 2.05) is 24.3 Å². The number of hydrogen-bond acceptors (Lipinski definition) is 4. The van der Waals surface area contributed by atoms with Gasteiger partial charge in [-0.2, -0.15) is 0 Å². The normalized spacial score (nSPS) is 10.1. The molecule has 0 atom stereocenters. The first-order valence-electron chi connectivity index (χ1n) is 6.41. The molecule has 104 valence electrons. The van der Waals surface area contributed by atoms with Gasteiger partial charge in [-0.25, -0.2) is 9.97 Å². The van der Waals surface area contributed by atoms with Crippen LogP contribution in [0.1, 0.15) is 10.5 Å². The molecule has 1 amide bonds. The lowest BCUT2D eigenvalue weighted by Gasteiger charge is -2.10. The molecule has 2 N–H and O–H groups in total. The lowest BCUT2D eigenvalue weighted by Crippen LogP contribution is -2.31. The van der Waals surface area contributed by atoms with Crippen LogP contribution in [0.5, 0.6) is 0 Å². The highest BCUT2D eigenvalue weighted by molar-refractivity contribution is 5.93. The predicted octanol–water partition coefficient (Wildman–Crippen LogP) is 2.02. The van der Waals surface area contributed by atoms with E-state index in [1.165, 1.54) is 0 Å². The molecule has 0 bridgehead atoms. The minimum Gasteiger partial charge on any atom is -0.297 e. The van der Waals surface area contributed by atoms with Crippen LogP contribution in [0.4, 0.5) is 5.82 Å². The number of anilines is 1. The average Bonchev–Trinajstić information content (AvgIpc) is 3.04. The molecule has 0 spiro atoms. The number of carbonyl (C=O) groups is 1. The Morgan fingerprint density at radius 1 is 0.952 bits per heavy atom. The first-order valence-corrected chi connectivity index (χ1v) is 6.41. The van der Waals surface area contributed by atoms with Crippen molar-refractivity contribution in [2.24, 2.45) is 0 Å². The van der Waals surface area contributed by atoms with Crippen molar-refractivity contribution in [1.82, 2.24) is 20.0 Å². The van der Waals surface area contributed by atoms with Gasteiger partial charge in [0.25, 0.3) is 5.91 Å². The predicted molar refractivity (Wildman–Crippen MR) is 78.9 cm³/mol. The molecule has 3 rings (SSSR count). The van der Waals surface area contributed by atoms with E-state index >= 15 is 0 Å². The van der Waals surface area contributed by atoms with Crippen molar-refractivity contribution in [2.75, 3.05) is 5.43 Å². The molecule has 3 aromatic heterocycles. The number of pyridine rings is 2. The zero-order chi connectivity index (χ0) is 14.5. The van der Waals surface area contributed by atoms with Crippen molar-refractivity contribution in [2.45, 2.75) is 0 Å². The Kier molecular flexibility index (Phi) is 3.60. The number of nitrogens with zero attached hydrogens (tertiary/aromatic N) is 3. The molecule has 6 heteroatoms. The summed E-state index contributed by atoms with van der Waals surface area (Å²) in [6.45, 7) is 0. The van der Waals surface area contributed by atoms with Gasteiger partial charge in [-0.3, -0.25) is 20.2 Å². The summed E-state index contributed by atoms with van der Waals surface area (Å²) in [7, 11) is 0. The monoisotopic (exact) mass is 279 g/mol. The lowest BCUT2D eigenvalue weighted by atomic mass is 10.4. The number of amides is 1. The van der Waals surface area contributed by atoms with Crippen molar-refractivity contribution in [3.8, 4) is 5.82 Å². The summed E-state index contributed by atoms with van der Waals surface area (Å²) in [6, 6.07) is 14.5. The molecular weight excluding hydrogens is 266 g/mol. The number of aromatic nitrogens is 3. The summed E-state index contributed by atoms with van der Waals surface area (Å²) in [4.78, 5) is 20.5. The van der Waals surface area contributed by atoms with E-state index in [-0.39, 0.29) is 5.91 Å². The fourth-order valence-corrected chi connectivity index (χ4v) is 1.88. The largest absolute Gasteiger partial charge is 0.297 e. The zero-order valence-electron chi connectivity index (χ0n) is 11.1. The van der Waals surface area contributed by atoms with Crippen LogP contribution in [0.2, 0.25) is 0 Å². The molecule has 0 aliphatic heterocycles. The van der Waals surface area contributed by atoms with Crippen LogP contribution in [0.15, 0.2) is 67.1 Å². The van der Waals surface area contributed by atoms with Gasteiger partial charge in [-0.1, -0.05) is 12.1 Å². The number of rotatable bonds is 4. The van der Waals surface area contributed by atoms with Crippen molar-refractivity contribution in [3.63, 3.8) is 0 Å². The van der Waals surface area contributed by atoms with Crippen LogP contribution < -0.4 is 10.9 Å². The lowest BCUT2D eigenvalue weighted by molar-refractivity contribution is 0.0955. The third-order valence-electron chi connectivity index (χ3n) is 2.85.